The highest BCUT2D eigenvalue weighted by Crippen LogP contribution is 2.48. The monoisotopic (exact) mass is 556 g/mol. The number of nitrogens with zero attached hydrogens (tertiary/aromatic N) is 2. The molecule has 0 aromatic heterocycles. The molecule has 0 heterocycles. The van der Waals surface area contributed by atoms with Gasteiger partial charge in [-0.05, 0) is 109 Å². The summed E-state index contributed by atoms with van der Waals surface area (Å²) in [5, 5.41) is 0. The summed E-state index contributed by atoms with van der Waals surface area (Å²) in [5.41, 5.74) is 12.5. The highest BCUT2D eigenvalue weighted by atomic mass is 15.2. The van der Waals surface area contributed by atoms with E-state index in [9.17, 15) is 0 Å². The number of anilines is 5. The van der Waals surface area contributed by atoms with Crippen molar-refractivity contribution in [3.63, 3.8) is 0 Å². The van der Waals surface area contributed by atoms with Crippen LogP contribution >= 0.6 is 0 Å². The fourth-order valence-electron chi connectivity index (χ4n) is 6.61. The van der Waals surface area contributed by atoms with Crippen LogP contribution in [0.4, 0.5) is 28.4 Å². The molecule has 0 atom stereocenters. The Kier molecular flexibility index (Phi) is 6.83. The summed E-state index contributed by atoms with van der Waals surface area (Å²) >= 11 is 0. The zero-order valence-electron chi connectivity index (χ0n) is 25.0. The predicted octanol–water partition coefficient (Wildman–Crippen LogP) is 11.3. The lowest BCUT2D eigenvalue weighted by atomic mass is 9.89. The second kappa shape index (κ2) is 11.0. The van der Waals surface area contributed by atoms with Crippen LogP contribution in [0.3, 0.4) is 0 Å². The maximum absolute atomic E-state index is 2.40. The third kappa shape index (κ3) is 5.00. The average Bonchev–Trinajstić information content (AvgIpc) is 3.37. The Morgan fingerprint density at radius 3 is 1.28 bits per heavy atom. The number of hydrogen-bond acceptors (Lipinski definition) is 2. The highest BCUT2D eigenvalue weighted by molar-refractivity contribution is 5.82. The first-order chi connectivity index (χ1) is 21.0. The average molecular weight is 557 g/mol. The van der Waals surface area contributed by atoms with Crippen LogP contribution in [0, 0.1) is 0 Å². The van der Waals surface area contributed by atoms with Gasteiger partial charge in [0.25, 0.3) is 0 Å². The Morgan fingerprint density at radius 1 is 0.395 bits per heavy atom. The normalized spacial score (nSPS) is 12.4. The van der Waals surface area contributed by atoms with Gasteiger partial charge in [-0.15, -0.1) is 0 Å². The Balaban J connectivity index is 1.26. The van der Waals surface area contributed by atoms with Gasteiger partial charge in [0.2, 0.25) is 0 Å². The molecule has 6 aromatic carbocycles. The second-order valence-electron chi connectivity index (χ2n) is 12.2. The lowest BCUT2D eigenvalue weighted by molar-refractivity contribution is 0.560. The molecule has 43 heavy (non-hydrogen) atoms. The van der Waals surface area contributed by atoms with Crippen molar-refractivity contribution in [3.8, 4) is 11.1 Å². The van der Waals surface area contributed by atoms with Crippen LogP contribution in [0.5, 0.6) is 0 Å². The third-order valence-corrected chi connectivity index (χ3v) is 8.38. The van der Waals surface area contributed by atoms with Crippen molar-refractivity contribution in [2.75, 3.05) is 9.80 Å². The molecule has 0 spiro atoms. The molecule has 0 aliphatic heterocycles. The minimum Gasteiger partial charge on any atom is -0.336 e. The summed E-state index contributed by atoms with van der Waals surface area (Å²) in [6.45, 7) is 6.77. The smallest absolute Gasteiger partial charge is 0.0463 e. The molecule has 2 nitrogen and oxygen atoms in total. The van der Waals surface area contributed by atoms with Crippen LogP contribution in [-0.2, 0) is 0 Å². The fourth-order valence-corrected chi connectivity index (χ4v) is 6.61. The Morgan fingerprint density at radius 2 is 0.767 bits per heavy atom. The quantitative estimate of drug-likeness (QED) is 0.201. The third-order valence-electron chi connectivity index (χ3n) is 8.38. The molecule has 0 bridgehead atoms. The SMILES string of the molecule is CC(C)(C)N(c1ccccc1)c1ccc(N(c2ccccc2)c2ccc(C3c4ccccc4-c4ccccc43)cc2)cc1. The van der Waals surface area contributed by atoms with Gasteiger partial charge in [0.15, 0.2) is 0 Å². The summed E-state index contributed by atoms with van der Waals surface area (Å²) in [6.07, 6.45) is 0. The Hall–Kier alpha value is -5.08. The van der Waals surface area contributed by atoms with Crippen molar-refractivity contribution >= 4 is 28.4 Å². The number of rotatable bonds is 6. The van der Waals surface area contributed by atoms with Crippen molar-refractivity contribution in [2.24, 2.45) is 0 Å². The molecule has 0 radical (unpaired) electrons. The van der Waals surface area contributed by atoms with Crippen LogP contribution in [0.2, 0.25) is 0 Å². The van der Waals surface area contributed by atoms with Gasteiger partial charge in [-0.3, -0.25) is 0 Å². The Labute approximate surface area is 255 Å². The van der Waals surface area contributed by atoms with E-state index >= 15 is 0 Å². The molecular formula is C41H36N2. The van der Waals surface area contributed by atoms with Crippen LogP contribution < -0.4 is 9.80 Å². The lowest BCUT2D eigenvalue weighted by Crippen LogP contribution is -2.37. The standard InChI is InChI=1S/C41H36N2/c1-41(2,3)43(34-16-8-5-9-17-34)35-28-26-33(27-29-35)42(31-14-6-4-7-15-31)32-24-22-30(23-25-32)40-38-20-12-10-18-36(38)37-19-11-13-21-39(37)40/h4-29,40H,1-3H3. The van der Waals surface area contributed by atoms with E-state index in [1.807, 2.05) is 0 Å². The van der Waals surface area contributed by atoms with Gasteiger partial charge in [0, 0.05) is 39.9 Å². The molecule has 6 aromatic rings. The fraction of sp³-hybridized carbons (Fsp3) is 0.122. The summed E-state index contributed by atoms with van der Waals surface area (Å²) in [6, 6.07) is 57.0. The first-order valence-electron chi connectivity index (χ1n) is 15.1. The van der Waals surface area contributed by atoms with Gasteiger partial charge in [-0.1, -0.05) is 97.1 Å². The van der Waals surface area contributed by atoms with E-state index in [1.165, 1.54) is 39.2 Å². The van der Waals surface area contributed by atoms with E-state index < -0.39 is 0 Å². The van der Waals surface area contributed by atoms with Gasteiger partial charge >= 0.3 is 0 Å². The highest BCUT2D eigenvalue weighted by Gasteiger charge is 2.29. The molecule has 0 fully saturated rings. The van der Waals surface area contributed by atoms with E-state index in [-0.39, 0.29) is 11.5 Å². The van der Waals surface area contributed by atoms with Crippen molar-refractivity contribution in [3.05, 3.63) is 174 Å². The summed E-state index contributed by atoms with van der Waals surface area (Å²) < 4.78 is 0. The van der Waals surface area contributed by atoms with E-state index in [0.29, 0.717) is 0 Å². The molecule has 0 saturated heterocycles. The van der Waals surface area contributed by atoms with E-state index in [1.54, 1.807) is 0 Å². The number of hydrogen-bond donors (Lipinski definition) is 0. The first kappa shape index (κ1) is 26.8. The molecule has 2 heteroatoms. The molecule has 0 N–H and O–H groups in total. The number of para-hydroxylation sites is 2. The maximum Gasteiger partial charge on any atom is 0.0463 e. The van der Waals surface area contributed by atoms with Crippen LogP contribution in [0.25, 0.3) is 11.1 Å². The van der Waals surface area contributed by atoms with Crippen LogP contribution in [0.1, 0.15) is 43.4 Å². The molecule has 1 aliphatic rings. The minimum atomic E-state index is -0.0741. The van der Waals surface area contributed by atoms with Crippen molar-refractivity contribution in [1.82, 2.24) is 0 Å². The van der Waals surface area contributed by atoms with Gasteiger partial charge in [0.1, 0.15) is 0 Å². The zero-order valence-corrected chi connectivity index (χ0v) is 25.0. The van der Waals surface area contributed by atoms with Gasteiger partial charge < -0.3 is 9.80 Å². The largest absolute Gasteiger partial charge is 0.336 e. The molecule has 7 rings (SSSR count). The summed E-state index contributed by atoms with van der Waals surface area (Å²) in [5.74, 6) is 0.243. The van der Waals surface area contributed by atoms with Crippen molar-refractivity contribution in [2.45, 2.75) is 32.2 Å². The molecule has 0 unspecified atom stereocenters. The summed E-state index contributed by atoms with van der Waals surface area (Å²) in [4.78, 5) is 4.74. The van der Waals surface area contributed by atoms with E-state index in [2.05, 4.69) is 188 Å². The molecule has 210 valence electrons. The predicted molar refractivity (Wildman–Crippen MR) is 182 cm³/mol. The zero-order chi connectivity index (χ0) is 29.4. The van der Waals surface area contributed by atoms with Crippen LogP contribution in [-0.4, -0.2) is 5.54 Å². The van der Waals surface area contributed by atoms with E-state index in [4.69, 9.17) is 0 Å². The van der Waals surface area contributed by atoms with Gasteiger partial charge in [-0.25, -0.2) is 0 Å². The topological polar surface area (TPSA) is 6.48 Å². The maximum atomic E-state index is 2.40. The summed E-state index contributed by atoms with van der Waals surface area (Å²) in [7, 11) is 0. The van der Waals surface area contributed by atoms with Crippen molar-refractivity contribution < 1.29 is 0 Å². The number of fused-ring (bicyclic) bond motifs is 3. The molecule has 0 amide bonds. The molecule has 0 saturated carbocycles. The van der Waals surface area contributed by atoms with Gasteiger partial charge in [0.05, 0.1) is 0 Å². The second-order valence-corrected chi connectivity index (χ2v) is 12.2. The number of benzene rings is 6. The van der Waals surface area contributed by atoms with Crippen LogP contribution in [0.15, 0.2) is 158 Å². The Bertz CT molecular complexity index is 1790. The molecule has 1 aliphatic carbocycles. The minimum absolute atomic E-state index is 0.0741. The first-order valence-corrected chi connectivity index (χ1v) is 15.1. The molecular weight excluding hydrogens is 520 g/mol. The lowest BCUT2D eigenvalue weighted by Gasteiger charge is -2.38. The van der Waals surface area contributed by atoms with E-state index in [0.717, 1.165) is 17.1 Å². The van der Waals surface area contributed by atoms with Crippen molar-refractivity contribution in [1.29, 1.82) is 0 Å². The van der Waals surface area contributed by atoms with Gasteiger partial charge in [-0.2, -0.15) is 0 Å².